The molecule has 8 nitrogen and oxygen atoms in total. The zero-order valence-electron chi connectivity index (χ0n) is 13.3. The van der Waals surface area contributed by atoms with E-state index in [1.165, 1.54) is 16.8 Å². The third kappa shape index (κ3) is 4.94. The van der Waals surface area contributed by atoms with Crippen LogP contribution in [-0.4, -0.2) is 33.5 Å². The molecule has 8 heteroatoms. The molecular weight excluding hydrogens is 302 g/mol. The molecule has 126 valence electrons. The van der Waals surface area contributed by atoms with Gasteiger partial charge in [-0.2, -0.15) is 0 Å². The van der Waals surface area contributed by atoms with E-state index in [0.29, 0.717) is 0 Å². The zero-order chi connectivity index (χ0) is 17.7. The fourth-order valence-electron chi connectivity index (χ4n) is 2.23. The standard InChI is InChI=1S/C15H21N3O5/c1-8(2)13(18-5-4-9(3)6-12(18)20)14(21)17-10(15(22)23)7-11(16)19/h4-6,8,10,13H,7H2,1-3H3,(H2,16,19)(H,17,21)(H,22,23). The van der Waals surface area contributed by atoms with E-state index in [1.54, 1.807) is 26.8 Å². The van der Waals surface area contributed by atoms with Crippen molar-refractivity contribution in [2.45, 2.75) is 39.3 Å². The first kappa shape index (κ1) is 18.4. The van der Waals surface area contributed by atoms with Gasteiger partial charge < -0.3 is 20.7 Å². The summed E-state index contributed by atoms with van der Waals surface area (Å²) in [5.74, 6) is -3.12. The van der Waals surface area contributed by atoms with Gasteiger partial charge in [-0.3, -0.25) is 14.4 Å². The Morgan fingerprint density at radius 3 is 2.39 bits per heavy atom. The Morgan fingerprint density at radius 2 is 1.96 bits per heavy atom. The van der Waals surface area contributed by atoms with E-state index in [2.05, 4.69) is 5.32 Å². The summed E-state index contributed by atoms with van der Waals surface area (Å²) in [5, 5.41) is 11.3. The van der Waals surface area contributed by atoms with Crippen molar-refractivity contribution < 1.29 is 19.5 Å². The number of nitrogens with two attached hydrogens (primary N) is 1. The summed E-state index contributed by atoms with van der Waals surface area (Å²) in [5.41, 5.74) is 5.38. The van der Waals surface area contributed by atoms with E-state index < -0.39 is 36.3 Å². The lowest BCUT2D eigenvalue weighted by Crippen LogP contribution is -2.48. The van der Waals surface area contributed by atoms with E-state index in [-0.39, 0.29) is 11.5 Å². The van der Waals surface area contributed by atoms with Crippen molar-refractivity contribution in [2.24, 2.45) is 11.7 Å². The topological polar surface area (TPSA) is 131 Å². The second kappa shape index (κ2) is 7.57. The summed E-state index contributed by atoms with van der Waals surface area (Å²) < 4.78 is 1.25. The number of hydrogen-bond acceptors (Lipinski definition) is 4. The molecule has 23 heavy (non-hydrogen) atoms. The van der Waals surface area contributed by atoms with Crippen LogP contribution < -0.4 is 16.6 Å². The van der Waals surface area contributed by atoms with Crippen LogP contribution in [0.5, 0.6) is 0 Å². The fraction of sp³-hybridized carbons (Fsp3) is 0.467. The molecule has 0 spiro atoms. The summed E-state index contributed by atoms with van der Waals surface area (Å²) in [6.07, 6.45) is 0.973. The normalized spacial score (nSPS) is 13.4. The number of aromatic nitrogens is 1. The van der Waals surface area contributed by atoms with Crippen LogP contribution in [-0.2, 0) is 14.4 Å². The van der Waals surface area contributed by atoms with Crippen LogP contribution in [0.1, 0.15) is 31.9 Å². The van der Waals surface area contributed by atoms with Crippen LogP contribution in [0.2, 0.25) is 0 Å². The average Bonchev–Trinajstić information content (AvgIpc) is 2.39. The number of aryl methyl sites for hydroxylation is 1. The van der Waals surface area contributed by atoms with Crippen LogP contribution in [0.4, 0.5) is 0 Å². The molecule has 0 bridgehead atoms. The Balaban J connectivity index is 3.10. The van der Waals surface area contributed by atoms with Gasteiger partial charge >= 0.3 is 5.97 Å². The predicted octanol–water partition coefficient (Wildman–Crippen LogP) is -0.201. The number of carbonyl (C=O) groups excluding carboxylic acids is 2. The van der Waals surface area contributed by atoms with Crippen LogP contribution in [0.3, 0.4) is 0 Å². The first-order chi connectivity index (χ1) is 10.6. The molecule has 1 aromatic heterocycles. The molecule has 2 amide bonds. The van der Waals surface area contributed by atoms with Gasteiger partial charge in [0.15, 0.2) is 0 Å². The van der Waals surface area contributed by atoms with Gasteiger partial charge in [0.1, 0.15) is 12.1 Å². The molecule has 0 aliphatic rings. The lowest BCUT2D eigenvalue weighted by molar-refractivity contribution is -0.144. The number of primary amides is 1. The summed E-state index contributed by atoms with van der Waals surface area (Å²) in [6.45, 7) is 5.23. The highest BCUT2D eigenvalue weighted by atomic mass is 16.4. The van der Waals surface area contributed by atoms with Gasteiger partial charge in [-0.05, 0) is 24.5 Å². The predicted molar refractivity (Wildman–Crippen MR) is 82.7 cm³/mol. The maximum absolute atomic E-state index is 12.4. The number of nitrogens with zero attached hydrogens (tertiary/aromatic N) is 1. The summed E-state index contributed by atoms with van der Waals surface area (Å²) in [7, 11) is 0. The Labute approximate surface area is 133 Å². The number of carboxylic acids is 1. The van der Waals surface area contributed by atoms with Crippen molar-refractivity contribution in [1.29, 1.82) is 0 Å². The summed E-state index contributed by atoms with van der Waals surface area (Å²) >= 11 is 0. The van der Waals surface area contributed by atoms with Gasteiger partial charge in [0.25, 0.3) is 5.56 Å². The van der Waals surface area contributed by atoms with Crippen molar-refractivity contribution in [1.82, 2.24) is 9.88 Å². The molecular formula is C15H21N3O5. The van der Waals surface area contributed by atoms with Crippen molar-refractivity contribution in [3.05, 3.63) is 34.2 Å². The number of pyridine rings is 1. The summed E-state index contributed by atoms with van der Waals surface area (Å²) in [4.78, 5) is 46.5. The van der Waals surface area contributed by atoms with Crippen LogP contribution in [0, 0.1) is 12.8 Å². The van der Waals surface area contributed by atoms with Crippen LogP contribution >= 0.6 is 0 Å². The molecule has 0 aliphatic carbocycles. The minimum absolute atomic E-state index is 0.265. The highest BCUT2D eigenvalue weighted by Crippen LogP contribution is 2.16. The molecule has 2 atom stereocenters. The number of carbonyl (C=O) groups is 3. The van der Waals surface area contributed by atoms with Gasteiger partial charge in [0.05, 0.1) is 6.42 Å². The maximum Gasteiger partial charge on any atom is 0.326 e. The molecule has 0 radical (unpaired) electrons. The molecule has 0 fully saturated rings. The van der Waals surface area contributed by atoms with Gasteiger partial charge in [-0.1, -0.05) is 13.8 Å². The molecule has 0 aromatic carbocycles. The second-order valence-electron chi connectivity index (χ2n) is 5.71. The number of carboxylic acid groups (broad SMARTS) is 1. The van der Waals surface area contributed by atoms with E-state index >= 15 is 0 Å². The SMILES string of the molecule is Cc1ccn(C(C(=O)NC(CC(N)=O)C(=O)O)C(C)C)c(=O)c1. The molecule has 1 rings (SSSR count). The number of aliphatic carboxylic acids is 1. The highest BCUT2D eigenvalue weighted by molar-refractivity contribution is 5.89. The Morgan fingerprint density at radius 1 is 1.35 bits per heavy atom. The monoisotopic (exact) mass is 323 g/mol. The van der Waals surface area contributed by atoms with Crippen molar-refractivity contribution in [3.8, 4) is 0 Å². The number of hydrogen-bond donors (Lipinski definition) is 3. The fourth-order valence-corrected chi connectivity index (χ4v) is 2.23. The molecule has 0 saturated carbocycles. The summed E-state index contributed by atoms with van der Waals surface area (Å²) in [6, 6.07) is 0.753. The van der Waals surface area contributed by atoms with Gasteiger partial charge in [-0.25, -0.2) is 4.79 Å². The first-order valence-electron chi connectivity index (χ1n) is 7.13. The van der Waals surface area contributed by atoms with Gasteiger partial charge in [-0.15, -0.1) is 0 Å². The van der Waals surface area contributed by atoms with Crippen LogP contribution in [0.25, 0.3) is 0 Å². The van der Waals surface area contributed by atoms with Crippen molar-refractivity contribution >= 4 is 17.8 Å². The molecule has 4 N–H and O–H groups in total. The van der Waals surface area contributed by atoms with E-state index in [4.69, 9.17) is 10.8 Å². The third-order valence-corrected chi connectivity index (χ3v) is 3.32. The molecule has 1 heterocycles. The molecule has 2 unspecified atom stereocenters. The van der Waals surface area contributed by atoms with E-state index in [9.17, 15) is 19.2 Å². The van der Waals surface area contributed by atoms with Gasteiger partial charge in [0, 0.05) is 12.3 Å². The first-order valence-corrected chi connectivity index (χ1v) is 7.13. The van der Waals surface area contributed by atoms with Crippen LogP contribution in [0.15, 0.2) is 23.1 Å². The van der Waals surface area contributed by atoms with Crippen molar-refractivity contribution in [3.63, 3.8) is 0 Å². The third-order valence-electron chi connectivity index (χ3n) is 3.32. The second-order valence-corrected chi connectivity index (χ2v) is 5.71. The molecule has 0 aliphatic heterocycles. The molecule has 0 saturated heterocycles. The zero-order valence-corrected chi connectivity index (χ0v) is 13.3. The smallest absolute Gasteiger partial charge is 0.326 e. The minimum Gasteiger partial charge on any atom is -0.480 e. The number of nitrogens with one attached hydrogen (secondary N) is 1. The van der Waals surface area contributed by atoms with E-state index in [0.717, 1.165) is 5.56 Å². The lowest BCUT2D eigenvalue weighted by Gasteiger charge is -2.24. The van der Waals surface area contributed by atoms with E-state index in [1.807, 2.05) is 0 Å². The molecule has 1 aromatic rings. The van der Waals surface area contributed by atoms with Crippen molar-refractivity contribution in [2.75, 3.05) is 0 Å². The van der Waals surface area contributed by atoms with Gasteiger partial charge in [0.2, 0.25) is 11.8 Å². The number of rotatable bonds is 7. The quantitative estimate of drug-likeness (QED) is 0.639. The Kier molecular flexibility index (Phi) is 6.06. The lowest BCUT2D eigenvalue weighted by atomic mass is 10.0. The largest absolute Gasteiger partial charge is 0.480 e. The number of amides is 2. The Bertz CT molecular complexity index is 665. The maximum atomic E-state index is 12.4. The highest BCUT2D eigenvalue weighted by Gasteiger charge is 2.29. The Hall–Kier alpha value is -2.64. The average molecular weight is 323 g/mol. The minimum atomic E-state index is -1.43.